The zero-order chi connectivity index (χ0) is 14.4. The van der Waals surface area contributed by atoms with Crippen molar-refractivity contribution in [2.24, 2.45) is 0 Å². The lowest BCUT2D eigenvalue weighted by Crippen LogP contribution is -2.33. The fourth-order valence-corrected chi connectivity index (χ4v) is 1.81. The van der Waals surface area contributed by atoms with Crippen molar-refractivity contribution >= 4 is 5.91 Å². The molecule has 5 nitrogen and oxygen atoms in total. The Bertz CT molecular complexity index is 539. The summed E-state index contributed by atoms with van der Waals surface area (Å²) in [5.41, 5.74) is 1.45. The van der Waals surface area contributed by atoms with E-state index in [0.717, 1.165) is 5.56 Å². The van der Waals surface area contributed by atoms with Crippen molar-refractivity contribution in [1.29, 1.82) is 0 Å². The predicted octanol–water partition coefficient (Wildman–Crippen LogP) is 1.63. The second-order valence-electron chi connectivity index (χ2n) is 4.45. The molecule has 20 heavy (non-hydrogen) atoms. The molecule has 0 saturated heterocycles. The zero-order valence-electron chi connectivity index (χ0n) is 11.2. The standard InChI is InChI=1S/C14H17FN4O/c1-10(11-2-4-12(15)5-3-11)16-8-9-17-14(20)13-6-7-18-19-13/h2-7,10,16H,8-9H2,1H3,(H,17,20)(H,18,19)/t10-/m1/s1. The third-order valence-corrected chi connectivity index (χ3v) is 2.98. The maximum atomic E-state index is 12.8. The number of aromatic amines is 1. The highest BCUT2D eigenvalue weighted by atomic mass is 19.1. The molecule has 1 aromatic carbocycles. The molecular weight excluding hydrogens is 259 g/mol. The molecule has 0 radical (unpaired) electrons. The molecule has 2 aromatic rings. The molecule has 0 fully saturated rings. The summed E-state index contributed by atoms with van der Waals surface area (Å²) in [4.78, 5) is 11.6. The van der Waals surface area contributed by atoms with Crippen LogP contribution in [0.3, 0.4) is 0 Å². The van der Waals surface area contributed by atoms with Crippen LogP contribution in [0.1, 0.15) is 29.0 Å². The van der Waals surface area contributed by atoms with Gasteiger partial charge < -0.3 is 10.6 Å². The first-order chi connectivity index (χ1) is 9.66. The molecule has 0 unspecified atom stereocenters. The molecule has 0 aliphatic rings. The SMILES string of the molecule is C[C@@H](NCCNC(=O)c1ccn[nH]1)c1ccc(F)cc1. The van der Waals surface area contributed by atoms with Gasteiger partial charge in [0, 0.05) is 25.3 Å². The summed E-state index contributed by atoms with van der Waals surface area (Å²) in [6, 6.07) is 8.08. The Hall–Kier alpha value is -2.21. The summed E-state index contributed by atoms with van der Waals surface area (Å²) < 4.78 is 12.8. The van der Waals surface area contributed by atoms with Gasteiger partial charge in [-0.1, -0.05) is 12.1 Å². The van der Waals surface area contributed by atoms with Crippen LogP contribution in [-0.2, 0) is 0 Å². The number of nitrogens with zero attached hydrogens (tertiary/aromatic N) is 1. The van der Waals surface area contributed by atoms with E-state index in [1.165, 1.54) is 18.3 Å². The lowest BCUT2D eigenvalue weighted by molar-refractivity contribution is 0.0948. The fourth-order valence-electron chi connectivity index (χ4n) is 1.81. The van der Waals surface area contributed by atoms with E-state index in [9.17, 15) is 9.18 Å². The van der Waals surface area contributed by atoms with Crippen LogP contribution >= 0.6 is 0 Å². The van der Waals surface area contributed by atoms with Crippen LogP contribution in [0, 0.1) is 5.82 Å². The summed E-state index contributed by atoms with van der Waals surface area (Å²) in [5.74, 6) is -0.425. The molecule has 0 spiro atoms. The van der Waals surface area contributed by atoms with Gasteiger partial charge in [0.1, 0.15) is 11.5 Å². The second kappa shape index (κ2) is 6.81. The third kappa shape index (κ3) is 3.89. The van der Waals surface area contributed by atoms with E-state index >= 15 is 0 Å². The second-order valence-corrected chi connectivity index (χ2v) is 4.45. The largest absolute Gasteiger partial charge is 0.349 e. The van der Waals surface area contributed by atoms with E-state index in [-0.39, 0.29) is 17.8 Å². The van der Waals surface area contributed by atoms with Crippen LogP contribution in [0.2, 0.25) is 0 Å². The number of hydrogen-bond donors (Lipinski definition) is 3. The maximum Gasteiger partial charge on any atom is 0.269 e. The average molecular weight is 276 g/mol. The molecule has 0 aliphatic carbocycles. The Kier molecular flexibility index (Phi) is 4.84. The molecule has 3 N–H and O–H groups in total. The van der Waals surface area contributed by atoms with Crippen molar-refractivity contribution in [3.8, 4) is 0 Å². The van der Waals surface area contributed by atoms with Crippen LogP contribution in [-0.4, -0.2) is 29.2 Å². The molecule has 1 atom stereocenters. The highest BCUT2D eigenvalue weighted by molar-refractivity contribution is 5.92. The van der Waals surface area contributed by atoms with Gasteiger partial charge in [-0.25, -0.2) is 4.39 Å². The van der Waals surface area contributed by atoms with Gasteiger partial charge >= 0.3 is 0 Å². The van der Waals surface area contributed by atoms with Crippen LogP contribution < -0.4 is 10.6 Å². The van der Waals surface area contributed by atoms with Crippen molar-refractivity contribution in [1.82, 2.24) is 20.8 Å². The predicted molar refractivity (Wildman–Crippen MR) is 73.7 cm³/mol. The molecule has 0 saturated carbocycles. The van der Waals surface area contributed by atoms with Crippen LogP contribution in [0.5, 0.6) is 0 Å². The quantitative estimate of drug-likeness (QED) is 0.702. The molecule has 1 amide bonds. The number of rotatable bonds is 6. The topological polar surface area (TPSA) is 69.8 Å². The zero-order valence-corrected chi connectivity index (χ0v) is 11.2. The van der Waals surface area contributed by atoms with E-state index in [4.69, 9.17) is 0 Å². The summed E-state index contributed by atoms with van der Waals surface area (Å²) in [5, 5.41) is 12.3. The van der Waals surface area contributed by atoms with Crippen LogP contribution in [0.25, 0.3) is 0 Å². The molecule has 6 heteroatoms. The van der Waals surface area contributed by atoms with Gasteiger partial charge in [0.15, 0.2) is 0 Å². The van der Waals surface area contributed by atoms with Crippen molar-refractivity contribution in [3.05, 3.63) is 53.6 Å². The molecule has 0 bridgehead atoms. The Labute approximate surface area is 116 Å². The monoisotopic (exact) mass is 276 g/mol. The van der Waals surface area contributed by atoms with Crippen molar-refractivity contribution in [2.75, 3.05) is 13.1 Å². The first-order valence-corrected chi connectivity index (χ1v) is 6.43. The Morgan fingerprint density at radius 1 is 1.30 bits per heavy atom. The van der Waals surface area contributed by atoms with Crippen molar-refractivity contribution in [3.63, 3.8) is 0 Å². The van der Waals surface area contributed by atoms with Crippen LogP contribution in [0.15, 0.2) is 36.5 Å². The number of aromatic nitrogens is 2. The van der Waals surface area contributed by atoms with Gasteiger partial charge in [0.25, 0.3) is 5.91 Å². The molecule has 106 valence electrons. The normalized spacial score (nSPS) is 12.1. The minimum absolute atomic E-state index is 0.0969. The molecular formula is C14H17FN4O. The van der Waals surface area contributed by atoms with Crippen LogP contribution in [0.4, 0.5) is 4.39 Å². The molecule has 1 aromatic heterocycles. The first kappa shape index (κ1) is 14.2. The summed E-state index contributed by atoms with van der Waals surface area (Å²) >= 11 is 0. The van der Waals surface area contributed by atoms with E-state index in [1.807, 2.05) is 6.92 Å². The van der Waals surface area contributed by atoms with Crippen molar-refractivity contribution < 1.29 is 9.18 Å². The number of H-pyrrole nitrogens is 1. The number of nitrogens with one attached hydrogen (secondary N) is 3. The lowest BCUT2D eigenvalue weighted by atomic mass is 10.1. The molecule has 0 aliphatic heterocycles. The number of amides is 1. The van der Waals surface area contributed by atoms with E-state index in [1.54, 1.807) is 18.2 Å². The molecule has 2 rings (SSSR count). The summed E-state index contributed by atoms with van der Waals surface area (Å²) in [6.07, 6.45) is 1.53. The van der Waals surface area contributed by atoms with Gasteiger partial charge in [0.05, 0.1) is 0 Å². The third-order valence-electron chi connectivity index (χ3n) is 2.98. The number of carbonyl (C=O) groups is 1. The lowest BCUT2D eigenvalue weighted by Gasteiger charge is -2.14. The molecule has 1 heterocycles. The highest BCUT2D eigenvalue weighted by Crippen LogP contribution is 2.12. The number of hydrogen-bond acceptors (Lipinski definition) is 3. The Balaban J connectivity index is 1.70. The fraction of sp³-hybridized carbons (Fsp3) is 0.286. The van der Waals surface area contributed by atoms with E-state index in [0.29, 0.717) is 18.8 Å². The number of benzene rings is 1. The number of halogens is 1. The smallest absolute Gasteiger partial charge is 0.269 e. The average Bonchev–Trinajstić information content (AvgIpc) is 2.98. The van der Waals surface area contributed by atoms with Gasteiger partial charge in [-0.15, -0.1) is 0 Å². The minimum Gasteiger partial charge on any atom is -0.349 e. The maximum absolute atomic E-state index is 12.8. The van der Waals surface area contributed by atoms with Gasteiger partial charge in [-0.2, -0.15) is 5.10 Å². The van der Waals surface area contributed by atoms with E-state index in [2.05, 4.69) is 20.8 Å². The summed E-state index contributed by atoms with van der Waals surface area (Å²) in [7, 11) is 0. The van der Waals surface area contributed by atoms with Crippen molar-refractivity contribution in [2.45, 2.75) is 13.0 Å². The van der Waals surface area contributed by atoms with Gasteiger partial charge in [-0.05, 0) is 30.7 Å². The Morgan fingerprint density at radius 2 is 2.05 bits per heavy atom. The van der Waals surface area contributed by atoms with E-state index < -0.39 is 0 Å². The Morgan fingerprint density at radius 3 is 2.70 bits per heavy atom. The minimum atomic E-state index is -0.243. The van der Waals surface area contributed by atoms with Gasteiger partial charge in [-0.3, -0.25) is 9.89 Å². The number of carbonyl (C=O) groups excluding carboxylic acids is 1. The highest BCUT2D eigenvalue weighted by Gasteiger charge is 2.07. The first-order valence-electron chi connectivity index (χ1n) is 6.43. The van der Waals surface area contributed by atoms with Gasteiger partial charge in [0.2, 0.25) is 0 Å². The summed E-state index contributed by atoms with van der Waals surface area (Å²) in [6.45, 7) is 3.12.